The van der Waals surface area contributed by atoms with Gasteiger partial charge < -0.3 is 14.5 Å². The van der Waals surface area contributed by atoms with Crippen LogP contribution in [0, 0.1) is 5.92 Å². The van der Waals surface area contributed by atoms with Crippen molar-refractivity contribution in [2.75, 3.05) is 26.8 Å². The Bertz CT molecular complexity index is 545. The fourth-order valence-corrected chi connectivity index (χ4v) is 2.40. The van der Waals surface area contributed by atoms with Crippen LogP contribution in [0.25, 0.3) is 0 Å². The van der Waals surface area contributed by atoms with Crippen molar-refractivity contribution in [2.24, 2.45) is 5.92 Å². The van der Waals surface area contributed by atoms with Crippen molar-refractivity contribution in [1.29, 1.82) is 0 Å². The van der Waals surface area contributed by atoms with Gasteiger partial charge in [0.1, 0.15) is 0 Å². The number of nitrogens with one attached hydrogen (secondary N) is 2. The van der Waals surface area contributed by atoms with Crippen molar-refractivity contribution < 1.29 is 22.4 Å². The molecule has 2 rings (SSSR count). The summed E-state index contributed by atoms with van der Waals surface area (Å²) >= 11 is 0. The Morgan fingerprint density at radius 2 is 2.26 bits per heavy atom. The Kier molecular flexibility index (Phi) is 4.23. The van der Waals surface area contributed by atoms with E-state index in [4.69, 9.17) is 9.15 Å². The maximum atomic E-state index is 11.8. The highest BCUT2D eigenvalue weighted by Gasteiger charge is 2.21. The molecule has 1 atom stereocenters. The first-order valence-electron chi connectivity index (χ1n) is 5.92. The van der Waals surface area contributed by atoms with Crippen LogP contribution in [0.5, 0.6) is 0 Å². The van der Waals surface area contributed by atoms with E-state index < -0.39 is 15.9 Å². The second-order valence-electron chi connectivity index (χ2n) is 4.27. The minimum atomic E-state index is -3.66. The second kappa shape index (κ2) is 5.72. The lowest BCUT2D eigenvalue weighted by Gasteiger charge is -2.07. The molecule has 1 fully saturated rings. The standard InChI is InChI=1S/C11H16N2O5S/c1-12-19(15,16)10-3-2-9(18-10)11(14)13-6-8-4-5-17-7-8/h2-3,8,12H,4-7H2,1H3,(H,13,14). The average molecular weight is 288 g/mol. The molecule has 0 radical (unpaired) electrons. The lowest BCUT2D eigenvalue weighted by Crippen LogP contribution is -2.29. The highest BCUT2D eigenvalue weighted by Crippen LogP contribution is 2.14. The quantitative estimate of drug-likeness (QED) is 0.792. The van der Waals surface area contributed by atoms with Crippen molar-refractivity contribution >= 4 is 15.9 Å². The molecule has 8 heteroatoms. The molecule has 2 heterocycles. The van der Waals surface area contributed by atoms with Gasteiger partial charge in [-0.25, -0.2) is 13.1 Å². The summed E-state index contributed by atoms with van der Waals surface area (Å²) in [6.07, 6.45) is 0.915. The zero-order valence-electron chi connectivity index (χ0n) is 10.5. The van der Waals surface area contributed by atoms with Crippen molar-refractivity contribution in [3.05, 3.63) is 17.9 Å². The van der Waals surface area contributed by atoms with E-state index in [2.05, 4.69) is 10.0 Å². The van der Waals surface area contributed by atoms with Crippen LogP contribution in [-0.4, -0.2) is 41.1 Å². The number of furan rings is 1. The zero-order chi connectivity index (χ0) is 13.9. The van der Waals surface area contributed by atoms with E-state index in [0.717, 1.165) is 6.42 Å². The summed E-state index contributed by atoms with van der Waals surface area (Å²) < 4.78 is 35.2. The molecular formula is C11H16N2O5S. The SMILES string of the molecule is CNS(=O)(=O)c1ccc(C(=O)NCC2CCOC2)o1. The number of ether oxygens (including phenoxy) is 1. The molecule has 106 valence electrons. The van der Waals surface area contributed by atoms with Crippen LogP contribution in [0.4, 0.5) is 0 Å². The van der Waals surface area contributed by atoms with Crippen LogP contribution in [0.3, 0.4) is 0 Å². The monoisotopic (exact) mass is 288 g/mol. The molecule has 0 aromatic carbocycles. The van der Waals surface area contributed by atoms with Crippen molar-refractivity contribution in [3.63, 3.8) is 0 Å². The molecule has 1 amide bonds. The zero-order valence-corrected chi connectivity index (χ0v) is 11.3. The third kappa shape index (κ3) is 3.34. The molecule has 1 unspecified atom stereocenters. The first kappa shape index (κ1) is 14.0. The van der Waals surface area contributed by atoms with E-state index in [1.165, 1.54) is 19.2 Å². The number of hydrogen-bond acceptors (Lipinski definition) is 5. The summed E-state index contributed by atoms with van der Waals surface area (Å²) in [5.41, 5.74) is 0. The second-order valence-corrected chi connectivity index (χ2v) is 6.08. The van der Waals surface area contributed by atoms with Crippen molar-refractivity contribution in [1.82, 2.24) is 10.0 Å². The molecule has 1 aromatic rings. The molecule has 19 heavy (non-hydrogen) atoms. The maximum Gasteiger partial charge on any atom is 0.287 e. The summed E-state index contributed by atoms with van der Waals surface area (Å²) in [6, 6.07) is 2.59. The summed E-state index contributed by atoms with van der Waals surface area (Å²) in [6.45, 7) is 1.84. The molecule has 0 aliphatic carbocycles. The number of sulfonamides is 1. The largest absolute Gasteiger partial charge is 0.438 e. The first-order valence-corrected chi connectivity index (χ1v) is 7.40. The number of carbonyl (C=O) groups is 1. The van der Waals surface area contributed by atoms with Gasteiger partial charge in [0, 0.05) is 19.1 Å². The Labute approximate surface area is 111 Å². The van der Waals surface area contributed by atoms with Gasteiger partial charge in [-0.3, -0.25) is 4.79 Å². The topological polar surface area (TPSA) is 97.6 Å². The molecular weight excluding hydrogens is 272 g/mol. The molecule has 1 aliphatic heterocycles. The number of amides is 1. The molecule has 0 saturated carbocycles. The first-order chi connectivity index (χ1) is 9.03. The smallest absolute Gasteiger partial charge is 0.287 e. The van der Waals surface area contributed by atoms with Gasteiger partial charge in [-0.15, -0.1) is 0 Å². The van der Waals surface area contributed by atoms with Crippen LogP contribution in [0.1, 0.15) is 17.0 Å². The van der Waals surface area contributed by atoms with Gasteiger partial charge in [-0.1, -0.05) is 0 Å². The highest BCUT2D eigenvalue weighted by atomic mass is 32.2. The van der Waals surface area contributed by atoms with Crippen LogP contribution < -0.4 is 10.0 Å². The molecule has 7 nitrogen and oxygen atoms in total. The Balaban J connectivity index is 1.96. The van der Waals surface area contributed by atoms with E-state index in [1.807, 2.05) is 0 Å². The van der Waals surface area contributed by atoms with Gasteiger partial charge in [-0.2, -0.15) is 0 Å². The number of hydrogen-bond donors (Lipinski definition) is 2. The summed E-state index contributed by atoms with van der Waals surface area (Å²) in [5.74, 6) is -0.142. The van der Waals surface area contributed by atoms with Gasteiger partial charge in [0.15, 0.2) is 5.76 Å². The van der Waals surface area contributed by atoms with Gasteiger partial charge in [-0.05, 0) is 25.6 Å². The lowest BCUT2D eigenvalue weighted by atomic mass is 10.1. The van der Waals surface area contributed by atoms with Crippen LogP contribution in [0.15, 0.2) is 21.6 Å². The molecule has 0 bridgehead atoms. The molecule has 0 spiro atoms. The average Bonchev–Trinajstić information content (AvgIpc) is 3.07. The van der Waals surface area contributed by atoms with Gasteiger partial charge in [0.05, 0.1) is 6.61 Å². The van der Waals surface area contributed by atoms with Gasteiger partial charge in [0.2, 0.25) is 5.09 Å². The van der Waals surface area contributed by atoms with Crippen molar-refractivity contribution in [2.45, 2.75) is 11.5 Å². The third-order valence-electron chi connectivity index (χ3n) is 2.91. The summed E-state index contributed by atoms with van der Waals surface area (Å²) in [7, 11) is -2.38. The van der Waals surface area contributed by atoms with Crippen molar-refractivity contribution in [3.8, 4) is 0 Å². The fourth-order valence-electron chi connectivity index (χ4n) is 1.76. The van der Waals surface area contributed by atoms with Crippen LogP contribution in [0.2, 0.25) is 0 Å². The summed E-state index contributed by atoms with van der Waals surface area (Å²) in [4.78, 5) is 11.8. The molecule has 1 saturated heterocycles. The summed E-state index contributed by atoms with van der Waals surface area (Å²) in [5, 5.41) is 2.42. The lowest BCUT2D eigenvalue weighted by molar-refractivity contribution is 0.0912. The predicted octanol–water partition coefficient (Wildman–Crippen LogP) is -0.0460. The Hall–Kier alpha value is -1.38. The predicted molar refractivity (Wildman–Crippen MR) is 66.2 cm³/mol. The van der Waals surface area contributed by atoms with Crippen LogP contribution in [-0.2, 0) is 14.8 Å². The Morgan fingerprint density at radius 1 is 1.47 bits per heavy atom. The van der Waals surface area contributed by atoms with E-state index in [1.54, 1.807) is 0 Å². The number of carbonyl (C=O) groups excluding carboxylic acids is 1. The fraction of sp³-hybridized carbons (Fsp3) is 0.545. The highest BCUT2D eigenvalue weighted by molar-refractivity contribution is 7.89. The van der Waals surface area contributed by atoms with E-state index >= 15 is 0 Å². The van der Waals surface area contributed by atoms with E-state index in [0.29, 0.717) is 25.7 Å². The maximum absolute atomic E-state index is 11.8. The Morgan fingerprint density at radius 3 is 2.89 bits per heavy atom. The van der Waals surface area contributed by atoms with Gasteiger partial charge >= 0.3 is 0 Å². The van der Waals surface area contributed by atoms with Crippen LogP contribution >= 0.6 is 0 Å². The molecule has 1 aromatic heterocycles. The normalized spacial score (nSPS) is 19.5. The van der Waals surface area contributed by atoms with E-state index in [9.17, 15) is 13.2 Å². The minimum Gasteiger partial charge on any atom is -0.438 e. The third-order valence-corrected chi connectivity index (χ3v) is 4.20. The molecule has 2 N–H and O–H groups in total. The number of rotatable bonds is 5. The molecule has 1 aliphatic rings. The van der Waals surface area contributed by atoms with E-state index in [-0.39, 0.29) is 10.9 Å². The van der Waals surface area contributed by atoms with Gasteiger partial charge in [0.25, 0.3) is 15.9 Å². The minimum absolute atomic E-state index is 0.0206.